The highest BCUT2D eigenvalue weighted by atomic mass is 15.4. The van der Waals surface area contributed by atoms with Crippen LogP contribution in [0.2, 0.25) is 0 Å². The molecule has 0 unspecified atom stereocenters. The number of hydrogen-bond acceptors (Lipinski definition) is 6. The minimum Gasteiger partial charge on any atom is -0.366 e. The van der Waals surface area contributed by atoms with Gasteiger partial charge in [0, 0.05) is 62.5 Å². The van der Waals surface area contributed by atoms with Crippen LogP contribution in [0.4, 0.5) is 5.69 Å². The standard InChI is InChI=1S/C24H27N7/c1-17-3-4-23-21(11-17)20(5-6-25-23)22-13-27-31-16-18(12-26-24(22)31)30-14-19(15-30)29-9-7-28(2)8-10-29/h3-6,11-13,16,19H,7-10,14-15H2,1-2H3. The molecule has 0 atom stereocenters. The molecule has 0 aliphatic carbocycles. The summed E-state index contributed by atoms with van der Waals surface area (Å²) in [6.45, 7) is 8.94. The van der Waals surface area contributed by atoms with Gasteiger partial charge in [-0.1, -0.05) is 11.6 Å². The molecule has 3 aromatic heterocycles. The van der Waals surface area contributed by atoms with E-state index >= 15 is 0 Å². The minimum atomic E-state index is 0.656. The molecule has 5 heterocycles. The lowest BCUT2D eigenvalue weighted by molar-refractivity contribution is 0.0963. The minimum absolute atomic E-state index is 0.656. The number of benzene rings is 1. The zero-order chi connectivity index (χ0) is 20.9. The van der Waals surface area contributed by atoms with Crippen LogP contribution in [0.5, 0.6) is 0 Å². The molecule has 0 bridgehead atoms. The molecule has 0 N–H and O–H groups in total. The van der Waals surface area contributed by atoms with Gasteiger partial charge in [0.1, 0.15) is 0 Å². The highest BCUT2D eigenvalue weighted by molar-refractivity contribution is 5.97. The van der Waals surface area contributed by atoms with Crippen molar-refractivity contribution in [3.05, 3.63) is 54.6 Å². The number of rotatable bonds is 3. The summed E-state index contributed by atoms with van der Waals surface area (Å²) in [7, 11) is 2.21. The molecule has 6 rings (SSSR count). The van der Waals surface area contributed by atoms with E-state index in [-0.39, 0.29) is 0 Å². The van der Waals surface area contributed by atoms with Crippen molar-refractivity contribution >= 4 is 22.2 Å². The Morgan fingerprint density at radius 3 is 2.61 bits per heavy atom. The first kappa shape index (κ1) is 18.7. The molecule has 158 valence electrons. The molecule has 7 heteroatoms. The van der Waals surface area contributed by atoms with Crippen LogP contribution >= 0.6 is 0 Å². The number of anilines is 1. The van der Waals surface area contributed by atoms with Gasteiger partial charge in [-0.15, -0.1) is 0 Å². The monoisotopic (exact) mass is 413 g/mol. The Labute approximate surface area is 181 Å². The number of piperazine rings is 1. The fourth-order valence-corrected chi connectivity index (χ4v) is 4.80. The Bertz CT molecular complexity index is 1250. The van der Waals surface area contributed by atoms with Gasteiger partial charge in [0.15, 0.2) is 5.65 Å². The third kappa shape index (κ3) is 3.25. The van der Waals surface area contributed by atoms with Crippen molar-refractivity contribution in [3.63, 3.8) is 0 Å². The summed E-state index contributed by atoms with van der Waals surface area (Å²) < 4.78 is 1.91. The molecule has 1 aromatic carbocycles. The quantitative estimate of drug-likeness (QED) is 0.515. The zero-order valence-electron chi connectivity index (χ0n) is 18.1. The lowest BCUT2D eigenvalue weighted by atomic mass is 10.0. The van der Waals surface area contributed by atoms with E-state index in [1.807, 2.05) is 23.1 Å². The van der Waals surface area contributed by atoms with Crippen molar-refractivity contribution in [1.82, 2.24) is 29.4 Å². The number of likely N-dealkylation sites (N-methyl/N-ethyl adjacent to an activating group) is 1. The lowest BCUT2D eigenvalue weighted by Gasteiger charge is -2.48. The number of nitrogens with zero attached hydrogens (tertiary/aromatic N) is 7. The molecule has 7 nitrogen and oxygen atoms in total. The van der Waals surface area contributed by atoms with Crippen LogP contribution in [-0.2, 0) is 0 Å². The van der Waals surface area contributed by atoms with Gasteiger partial charge in [-0.2, -0.15) is 5.10 Å². The third-order valence-electron chi connectivity index (χ3n) is 6.81. The van der Waals surface area contributed by atoms with Gasteiger partial charge in [0.05, 0.1) is 29.8 Å². The first-order chi connectivity index (χ1) is 15.2. The first-order valence-corrected chi connectivity index (χ1v) is 11.0. The second kappa shape index (κ2) is 7.28. The van der Waals surface area contributed by atoms with Crippen LogP contribution in [-0.4, -0.2) is 81.7 Å². The van der Waals surface area contributed by atoms with Crippen molar-refractivity contribution in [2.75, 3.05) is 51.2 Å². The van der Waals surface area contributed by atoms with Crippen molar-refractivity contribution in [2.24, 2.45) is 0 Å². The third-order valence-corrected chi connectivity index (χ3v) is 6.81. The molecule has 31 heavy (non-hydrogen) atoms. The van der Waals surface area contributed by atoms with Crippen molar-refractivity contribution < 1.29 is 0 Å². The molecule has 4 aromatic rings. The smallest absolute Gasteiger partial charge is 0.162 e. The van der Waals surface area contributed by atoms with Gasteiger partial charge in [-0.25, -0.2) is 9.50 Å². The predicted octanol–water partition coefficient (Wildman–Crippen LogP) is 2.69. The second-order valence-corrected chi connectivity index (χ2v) is 8.92. The number of hydrogen-bond donors (Lipinski definition) is 0. The molecule has 2 fully saturated rings. The van der Waals surface area contributed by atoms with E-state index in [9.17, 15) is 0 Å². The lowest BCUT2D eigenvalue weighted by Crippen LogP contribution is -2.63. The van der Waals surface area contributed by atoms with E-state index < -0.39 is 0 Å². The normalized spacial score (nSPS) is 18.7. The maximum absolute atomic E-state index is 4.82. The van der Waals surface area contributed by atoms with E-state index in [4.69, 9.17) is 4.98 Å². The van der Waals surface area contributed by atoms with Crippen LogP contribution in [0.3, 0.4) is 0 Å². The molecule has 2 aliphatic heterocycles. The number of fused-ring (bicyclic) bond motifs is 2. The van der Waals surface area contributed by atoms with Crippen LogP contribution in [0.15, 0.2) is 49.1 Å². The average Bonchev–Trinajstić information content (AvgIpc) is 3.17. The number of aryl methyl sites for hydroxylation is 1. The molecule has 0 amide bonds. The number of pyridine rings is 1. The fourth-order valence-electron chi connectivity index (χ4n) is 4.80. The SMILES string of the molecule is Cc1ccc2nccc(-c3cnn4cc(N5CC(N6CCN(C)CC6)C5)cnc34)c2c1. The van der Waals surface area contributed by atoms with Gasteiger partial charge in [0.25, 0.3) is 0 Å². The van der Waals surface area contributed by atoms with Crippen molar-refractivity contribution in [2.45, 2.75) is 13.0 Å². The fraction of sp³-hybridized carbons (Fsp3) is 0.375. The summed E-state index contributed by atoms with van der Waals surface area (Å²) in [5.74, 6) is 0. The van der Waals surface area contributed by atoms with Gasteiger partial charge in [-0.05, 0) is 37.7 Å². The average molecular weight is 414 g/mol. The summed E-state index contributed by atoms with van der Waals surface area (Å²) in [4.78, 5) is 16.8. The molecule has 2 saturated heterocycles. The van der Waals surface area contributed by atoms with Crippen LogP contribution < -0.4 is 4.90 Å². The Morgan fingerprint density at radius 2 is 1.77 bits per heavy atom. The van der Waals surface area contributed by atoms with Crippen molar-refractivity contribution in [3.8, 4) is 11.1 Å². The first-order valence-electron chi connectivity index (χ1n) is 11.0. The van der Waals surface area contributed by atoms with Crippen LogP contribution in [0.25, 0.3) is 27.7 Å². The van der Waals surface area contributed by atoms with Crippen molar-refractivity contribution in [1.29, 1.82) is 0 Å². The molecule has 0 saturated carbocycles. The van der Waals surface area contributed by atoms with E-state index in [2.05, 4.69) is 69.2 Å². The van der Waals surface area contributed by atoms with Gasteiger partial charge in [-0.3, -0.25) is 9.88 Å². The Morgan fingerprint density at radius 1 is 0.935 bits per heavy atom. The highest BCUT2D eigenvalue weighted by Gasteiger charge is 2.33. The topological polar surface area (TPSA) is 52.8 Å². The van der Waals surface area contributed by atoms with E-state index in [0.717, 1.165) is 46.5 Å². The summed E-state index contributed by atoms with van der Waals surface area (Å²) in [5.41, 5.74) is 6.42. The molecule has 0 radical (unpaired) electrons. The number of aromatic nitrogens is 4. The molecule has 2 aliphatic rings. The Balaban J connectivity index is 1.26. The molecule has 0 spiro atoms. The van der Waals surface area contributed by atoms with E-state index in [1.54, 1.807) is 0 Å². The zero-order valence-corrected chi connectivity index (χ0v) is 18.1. The van der Waals surface area contributed by atoms with Gasteiger partial charge >= 0.3 is 0 Å². The van der Waals surface area contributed by atoms with Crippen LogP contribution in [0, 0.1) is 6.92 Å². The Kier molecular flexibility index (Phi) is 4.40. The Hall–Kier alpha value is -3.03. The summed E-state index contributed by atoms with van der Waals surface area (Å²) in [5, 5.41) is 5.77. The predicted molar refractivity (Wildman–Crippen MR) is 124 cm³/mol. The summed E-state index contributed by atoms with van der Waals surface area (Å²) >= 11 is 0. The maximum Gasteiger partial charge on any atom is 0.162 e. The molecular formula is C24H27N7. The van der Waals surface area contributed by atoms with Gasteiger partial charge < -0.3 is 9.80 Å². The van der Waals surface area contributed by atoms with E-state index in [1.165, 1.54) is 31.7 Å². The highest BCUT2D eigenvalue weighted by Crippen LogP contribution is 2.31. The molecular weight excluding hydrogens is 386 g/mol. The van der Waals surface area contributed by atoms with Gasteiger partial charge in [0.2, 0.25) is 0 Å². The van der Waals surface area contributed by atoms with E-state index in [0.29, 0.717) is 6.04 Å². The summed E-state index contributed by atoms with van der Waals surface area (Å²) in [6, 6.07) is 9.08. The maximum atomic E-state index is 4.82. The largest absolute Gasteiger partial charge is 0.366 e. The van der Waals surface area contributed by atoms with Crippen LogP contribution in [0.1, 0.15) is 5.56 Å². The summed E-state index contributed by atoms with van der Waals surface area (Å²) in [6.07, 6.45) is 7.89. The second-order valence-electron chi connectivity index (χ2n) is 8.92.